The first kappa shape index (κ1) is 52.0. The molecule has 52 heavy (non-hydrogen) atoms. The predicted molar refractivity (Wildman–Crippen MR) is 215 cm³/mol. The van der Waals surface area contributed by atoms with Gasteiger partial charge < -0.3 is 20.4 Å². The number of unbranched alkanes of at least 4 members (excludes halogenated alkanes) is 34. The lowest BCUT2D eigenvalue weighted by atomic mass is 10.0. The Morgan fingerprint density at radius 2 is 0.250 bits per heavy atom. The van der Waals surface area contributed by atoms with Gasteiger partial charge in [0, 0.05) is 25.7 Å². The van der Waals surface area contributed by atoms with Crippen LogP contribution in [0.4, 0.5) is 0 Å². The molecule has 4 N–H and O–H groups in total. The lowest BCUT2D eigenvalue weighted by Crippen LogP contribution is -1.93. The van der Waals surface area contributed by atoms with E-state index in [1.54, 1.807) is 0 Å². The molecule has 0 radical (unpaired) electrons. The Morgan fingerprint density at radius 1 is 0.173 bits per heavy atom. The molecule has 8 heteroatoms. The van der Waals surface area contributed by atoms with Crippen LogP contribution < -0.4 is 0 Å². The highest BCUT2D eigenvalue weighted by Crippen LogP contribution is 2.16. The van der Waals surface area contributed by atoms with Crippen molar-refractivity contribution in [2.45, 2.75) is 257 Å². The fraction of sp³-hybridized carbons (Fsp3) is 0.909. The number of hydrogen-bond acceptors (Lipinski definition) is 4. The summed E-state index contributed by atoms with van der Waals surface area (Å²) in [6, 6.07) is 0. The maximum atomic E-state index is 10.4. The van der Waals surface area contributed by atoms with E-state index in [0.29, 0.717) is 25.7 Å². The molecule has 0 aliphatic carbocycles. The summed E-state index contributed by atoms with van der Waals surface area (Å²) in [6.07, 6.45) is 45.6. The first-order valence-corrected chi connectivity index (χ1v) is 22.1. The van der Waals surface area contributed by atoms with Crippen LogP contribution in [-0.4, -0.2) is 44.3 Å². The molecule has 0 bridgehead atoms. The highest BCUT2D eigenvalue weighted by atomic mass is 16.4. The van der Waals surface area contributed by atoms with Crippen molar-refractivity contribution in [1.29, 1.82) is 0 Å². The molecule has 0 amide bonds. The molecule has 0 aromatic carbocycles. The second-order valence-electron chi connectivity index (χ2n) is 15.3. The van der Waals surface area contributed by atoms with Gasteiger partial charge in [-0.2, -0.15) is 0 Å². The molecule has 0 saturated carbocycles. The minimum atomic E-state index is -0.669. The third kappa shape index (κ3) is 54.7. The zero-order chi connectivity index (χ0) is 38.6. The molecule has 308 valence electrons. The van der Waals surface area contributed by atoms with E-state index < -0.39 is 23.9 Å². The lowest BCUT2D eigenvalue weighted by molar-refractivity contribution is -0.138. The Hall–Kier alpha value is -2.12. The molecule has 0 unspecified atom stereocenters. The van der Waals surface area contributed by atoms with Gasteiger partial charge in [-0.05, 0) is 25.7 Å². The molecule has 0 heterocycles. The molecule has 0 aliphatic rings. The van der Waals surface area contributed by atoms with Gasteiger partial charge in [0.1, 0.15) is 0 Å². The van der Waals surface area contributed by atoms with Gasteiger partial charge in [0.25, 0.3) is 0 Å². The minimum absolute atomic E-state index is 0.326. The predicted octanol–water partition coefficient (Wildman–Crippen LogP) is 13.9. The summed E-state index contributed by atoms with van der Waals surface area (Å²) in [5.41, 5.74) is 0. The molecule has 0 spiro atoms. The van der Waals surface area contributed by atoms with Crippen LogP contribution in [0.15, 0.2) is 0 Å². The summed E-state index contributed by atoms with van der Waals surface area (Å²) in [6.45, 7) is 0. The molecule has 0 aromatic heterocycles. The van der Waals surface area contributed by atoms with Gasteiger partial charge in [-0.15, -0.1) is 0 Å². The number of aliphatic carboxylic acids is 4. The SMILES string of the molecule is O=C(O)CCCCCCCCCCCCCCCCCCCCC(=O)O.O=C(O)CCCCCCCCCCCCCCCCCCCCC(=O)O. The van der Waals surface area contributed by atoms with Crippen molar-refractivity contribution >= 4 is 23.9 Å². The normalized spacial score (nSPS) is 10.9. The van der Waals surface area contributed by atoms with Crippen molar-refractivity contribution in [3.05, 3.63) is 0 Å². The van der Waals surface area contributed by atoms with Crippen LogP contribution in [0, 0.1) is 0 Å². The Morgan fingerprint density at radius 3 is 0.327 bits per heavy atom. The van der Waals surface area contributed by atoms with E-state index >= 15 is 0 Å². The van der Waals surface area contributed by atoms with Crippen molar-refractivity contribution in [1.82, 2.24) is 0 Å². The summed E-state index contributed by atoms with van der Waals surface area (Å²) < 4.78 is 0. The van der Waals surface area contributed by atoms with Crippen LogP contribution in [0.25, 0.3) is 0 Å². The van der Waals surface area contributed by atoms with E-state index in [4.69, 9.17) is 20.4 Å². The standard InChI is InChI=1S/2C22H42O4/c2*23-21(24)19-17-15-13-11-9-7-5-3-1-2-4-6-8-10-12-14-16-18-20-22(25)26/h2*1-20H2,(H,23,24)(H,25,26). The van der Waals surface area contributed by atoms with Crippen molar-refractivity contribution in [3.63, 3.8) is 0 Å². The molecule has 0 rings (SSSR count). The fourth-order valence-electron chi connectivity index (χ4n) is 6.76. The maximum absolute atomic E-state index is 10.4. The zero-order valence-electron chi connectivity index (χ0n) is 33.7. The number of hydrogen-bond donors (Lipinski definition) is 4. The second kappa shape index (κ2) is 45.0. The first-order valence-electron chi connectivity index (χ1n) is 22.1. The average Bonchev–Trinajstić information content (AvgIpc) is 3.09. The van der Waals surface area contributed by atoms with Gasteiger partial charge in [0.05, 0.1) is 0 Å². The van der Waals surface area contributed by atoms with Crippen LogP contribution in [0.5, 0.6) is 0 Å². The van der Waals surface area contributed by atoms with Crippen LogP contribution in [-0.2, 0) is 19.2 Å². The van der Waals surface area contributed by atoms with E-state index in [0.717, 1.165) is 51.4 Å². The molecule has 0 aromatic rings. The van der Waals surface area contributed by atoms with E-state index in [9.17, 15) is 19.2 Å². The minimum Gasteiger partial charge on any atom is -0.481 e. The first-order chi connectivity index (χ1) is 25.3. The number of carbonyl (C=O) groups is 4. The van der Waals surface area contributed by atoms with Gasteiger partial charge in [0.15, 0.2) is 0 Å². The number of carboxylic acids is 4. The summed E-state index contributed by atoms with van der Waals surface area (Å²) >= 11 is 0. The molecule has 8 nitrogen and oxygen atoms in total. The Kier molecular flexibility index (Phi) is 45.0. The molecular formula is C44H84O8. The van der Waals surface area contributed by atoms with E-state index in [1.165, 1.54) is 180 Å². The Labute approximate surface area is 319 Å². The van der Waals surface area contributed by atoms with Crippen LogP contribution >= 0.6 is 0 Å². The number of rotatable bonds is 42. The zero-order valence-corrected chi connectivity index (χ0v) is 33.7. The van der Waals surface area contributed by atoms with Crippen molar-refractivity contribution in [2.75, 3.05) is 0 Å². The largest absolute Gasteiger partial charge is 0.481 e. The summed E-state index contributed by atoms with van der Waals surface area (Å²) in [5, 5.41) is 34.2. The second-order valence-corrected chi connectivity index (χ2v) is 15.3. The summed E-state index contributed by atoms with van der Waals surface area (Å²) in [4.78, 5) is 41.5. The third-order valence-corrected chi connectivity index (χ3v) is 10.1. The Bertz CT molecular complexity index is 656. The van der Waals surface area contributed by atoms with Crippen LogP contribution in [0.2, 0.25) is 0 Å². The van der Waals surface area contributed by atoms with E-state index in [2.05, 4.69) is 0 Å². The highest BCUT2D eigenvalue weighted by molar-refractivity contribution is 5.67. The molecule has 0 atom stereocenters. The van der Waals surface area contributed by atoms with Crippen LogP contribution in [0.1, 0.15) is 257 Å². The van der Waals surface area contributed by atoms with Crippen molar-refractivity contribution in [3.8, 4) is 0 Å². The maximum Gasteiger partial charge on any atom is 0.303 e. The summed E-state index contributed by atoms with van der Waals surface area (Å²) in [5.74, 6) is -2.67. The fourth-order valence-corrected chi connectivity index (χ4v) is 6.76. The lowest BCUT2D eigenvalue weighted by Gasteiger charge is -2.03. The van der Waals surface area contributed by atoms with Crippen molar-refractivity contribution in [2.24, 2.45) is 0 Å². The quantitative estimate of drug-likeness (QED) is 0.0452. The molecule has 0 fully saturated rings. The third-order valence-electron chi connectivity index (χ3n) is 10.1. The van der Waals surface area contributed by atoms with E-state index in [1.807, 2.05) is 0 Å². The van der Waals surface area contributed by atoms with Gasteiger partial charge >= 0.3 is 23.9 Å². The highest BCUT2D eigenvalue weighted by Gasteiger charge is 2.00. The molecule has 0 aliphatic heterocycles. The topological polar surface area (TPSA) is 149 Å². The van der Waals surface area contributed by atoms with Gasteiger partial charge in [-0.25, -0.2) is 0 Å². The van der Waals surface area contributed by atoms with Crippen molar-refractivity contribution < 1.29 is 39.6 Å². The monoisotopic (exact) mass is 741 g/mol. The summed E-state index contributed by atoms with van der Waals surface area (Å²) in [7, 11) is 0. The van der Waals surface area contributed by atoms with Gasteiger partial charge in [-0.3, -0.25) is 19.2 Å². The van der Waals surface area contributed by atoms with E-state index in [-0.39, 0.29) is 0 Å². The Balaban J connectivity index is 0. The number of carboxylic acid groups (broad SMARTS) is 4. The molecular weight excluding hydrogens is 656 g/mol. The van der Waals surface area contributed by atoms with Gasteiger partial charge in [0.2, 0.25) is 0 Å². The van der Waals surface area contributed by atoms with Gasteiger partial charge in [-0.1, -0.05) is 205 Å². The average molecular weight is 741 g/mol. The van der Waals surface area contributed by atoms with Crippen LogP contribution in [0.3, 0.4) is 0 Å². The smallest absolute Gasteiger partial charge is 0.303 e. The molecule has 0 saturated heterocycles.